The van der Waals surface area contributed by atoms with Crippen LogP contribution in [0.3, 0.4) is 0 Å². The van der Waals surface area contributed by atoms with Crippen LogP contribution in [-0.4, -0.2) is 23.5 Å². The van der Waals surface area contributed by atoms with Gasteiger partial charge in [-0.15, -0.1) is 0 Å². The minimum atomic E-state index is -4.39. The van der Waals surface area contributed by atoms with Crippen LogP contribution in [0, 0.1) is 0 Å². The van der Waals surface area contributed by atoms with Crippen LogP contribution in [0.2, 0.25) is 0 Å². The number of halogens is 3. The zero-order valence-corrected chi connectivity index (χ0v) is 10.9. The molecular weight excluding hydrogens is 271 g/mol. The summed E-state index contributed by atoms with van der Waals surface area (Å²) < 4.78 is 37.5. The first-order valence-electron chi connectivity index (χ1n) is 6.46. The summed E-state index contributed by atoms with van der Waals surface area (Å²) in [5, 5.41) is 0. The Kier molecular flexibility index (Phi) is 4.15. The molecule has 0 bridgehead atoms. The number of pyridine rings is 1. The summed E-state index contributed by atoms with van der Waals surface area (Å²) in [6.45, 7) is 0.677. The fourth-order valence-corrected chi connectivity index (χ4v) is 2.47. The fourth-order valence-electron chi connectivity index (χ4n) is 2.47. The van der Waals surface area contributed by atoms with Gasteiger partial charge in [-0.3, -0.25) is 4.79 Å². The average molecular weight is 287 g/mol. The Balaban J connectivity index is 2.17. The second-order valence-electron chi connectivity index (χ2n) is 4.92. The van der Waals surface area contributed by atoms with Crippen molar-refractivity contribution in [2.45, 2.75) is 37.9 Å². The van der Waals surface area contributed by atoms with Crippen molar-refractivity contribution >= 4 is 11.7 Å². The van der Waals surface area contributed by atoms with Gasteiger partial charge in [-0.2, -0.15) is 13.2 Å². The lowest BCUT2D eigenvalue weighted by Gasteiger charge is -2.36. The zero-order valence-electron chi connectivity index (χ0n) is 10.9. The summed E-state index contributed by atoms with van der Waals surface area (Å²) in [5.41, 5.74) is 4.44. The molecule has 0 spiro atoms. The van der Waals surface area contributed by atoms with Crippen LogP contribution in [0.4, 0.5) is 19.0 Å². The highest BCUT2D eigenvalue weighted by atomic mass is 19.4. The number of alkyl halides is 3. The molecule has 1 aromatic rings. The number of amides is 1. The number of primary amides is 1. The molecule has 1 aromatic heterocycles. The number of anilines is 1. The molecule has 0 radical (unpaired) electrons. The molecule has 1 amide bonds. The molecule has 0 aromatic carbocycles. The lowest BCUT2D eigenvalue weighted by Crippen LogP contribution is -2.42. The molecule has 1 aliphatic heterocycles. The summed E-state index contributed by atoms with van der Waals surface area (Å²) in [6.07, 6.45) is -0.660. The number of aromatic nitrogens is 1. The van der Waals surface area contributed by atoms with Gasteiger partial charge in [0.2, 0.25) is 5.91 Å². The Morgan fingerprint density at radius 3 is 2.70 bits per heavy atom. The van der Waals surface area contributed by atoms with Crippen LogP contribution in [-0.2, 0) is 11.0 Å². The molecule has 1 saturated heterocycles. The van der Waals surface area contributed by atoms with Crippen LogP contribution >= 0.6 is 0 Å². The zero-order chi connectivity index (χ0) is 14.8. The average Bonchev–Trinajstić information content (AvgIpc) is 2.38. The molecule has 0 saturated carbocycles. The smallest absolute Gasteiger partial charge is 0.370 e. The molecule has 0 aliphatic carbocycles. The van der Waals surface area contributed by atoms with E-state index in [1.165, 1.54) is 6.07 Å². The van der Waals surface area contributed by atoms with Crippen molar-refractivity contribution in [2.75, 3.05) is 11.4 Å². The number of nitrogens with two attached hydrogens (primary N) is 1. The number of hydrogen-bond acceptors (Lipinski definition) is 3. The van der Waals surface area contributed by atoms with Crippen molar-refractivity contribution in [3.05, 3.63) is 23.9 Å². The van der Waals surface area contributed by atoms with E-state index in [-0.39, 0.29) is 12.5 Å². The van der Waals surface area contributed by atoms with Crippen LogP contribution in [0.5, 0.6) is 0 Å². The van der Waals surface area contributed by atoms with Gasteiger partial charge >= 0.3 is 6.18 Å². The summed E-state index contributed by atoms with van der Waals surface area (Å²) in [7, 11) is 0. The minimum Gasteiger partial charge on any atom is -0.370 e. The molecule has 2 heterocycles. The van der Waals surface area contributed by atoms with Crippen molar-refractivity contribution in [1.29, 1.82) is 0 Å². The molecule has 1 atom stereocenters. The van der Waals surface area contributed by atoms with Gasteiger partial charge in [0.1, 0.15) is 5.82 Å². The second-order valence-corrected chi connectivity index (χ2v) is 4.92. The molecule has 110 valence electrons. The van der Waals surface area contributed by atoms with Crippen molar-refractivity contribution in [1.82, 2.24) is 4.98 Å². The third-order valence-electron chi connectivity index (χ3n) is 3.43. The van der Waals surface area contributed by atoms with Crippen LogP contribution in [0.15, 0.2) is 18.3 Å². The Morgan fingerprint density at radius 2 is 2.15 bits per heavy atom. The number of carbonyl (C=O) groups is 1. The molecule has 1 fully saturated rings. The highest BCUT2D eigenvalue weighted by Crippen LogP contribution is 2.31. The lowest BCUT2D eigenvalue weighted by atomic mass is 9.99. The Hall–Kier alpha value is -1.79. The minimum absolute atomic E-state index is 0.0783. The molecular formula is C13H16F3N3O. The molecule has 2 N–H and O–H groups in total. The van der Waals surface area contributed by atoms with E-state index >= 15 is 0 Å². The van der Waals surface area contributed by atoms with E-state index in [4.69, 9.17) is 5.73 Å². The predicted molar refractivity (Wildman–Crippen MR) is 68.0 cm³/mol. The van der Waals surface area contributed by atoms with Crippen molar-refractivity contribution in [2.24, 2.45) is 5.73 Å². The van der Waals surface area contributed by atoms with Gasteiger partial charge in [0.05, 0.1) is 5.56 Å². The van der Waals surface area contributed by atoms with Crippen LogP contribution in [0.25, 0.3) is 0 Å². The maximum absolute atomic E-state index is 12.5. The van der Waals surface area contributed by atoms with E-state index in [9.17, 15) is 18.0 Å². The number of hydrogen-bond donors (Lipinski definition) is 1. The fraction of sp³-hybridized carbons (Fsp3) is 0.538. The standard InChI is InChI=1S/C13H16F3N3O/c14-13(15,16)9-4-5-12(18-8-9)19-6-2-1-3-10(19)7-11(17)20/h4-5,8,10H,1-3,6-7H2,(H2,17,20)/t10-/m1/s1. The predicted octanol–water partition coefficient (Wildman–Crippen LogP) is 2.33. The number of piperidine rings is 1. The summed E-state index contributed by atoms with van der Waals surface area (Å²) in [6, 6.07) is 2.28. The third-order valence-corrected chi connectivity index (χ3v) is 3.43. The quantitative estimate of drug-likeness (QED) is 0.928. The van der Waals surface area contributed by atoms with Crippen LogP contribution in [0.1, 0.15) is 31.2 Å². The summed E-state index contributed by atoms with van der Waals surface area (Å²) in [4.78, 5) is 16.8. The first-order valence-corrected chi connectivity index (χ1v) is 6.46. The van der Waals surface area contributed by atoms with E-state index in [0.29, 0.717) is 12.4 Å². The van der Waals surface area contributed by atoms with Crippen molar-refractivity contribution in [3.63, 3.8) is 0 Å². The van der Waals surface area contributed by atoms with E-state index in [1.807, 2.05) is 4.90 Å². The van der Waals surface area contributed by atoms with Gasteiger partial charge in [-0.05, 0) is 31.4 Å². The highest BCUT2D eigenvalue weighted by Gasteiger charge is 2.31. The topological polar surface area (TPSA) is 59.2 Å². The normalized spacial score (nSPS) is 19.9. The molecule has 1 aliphatic rings. The van der Waals surface area contributed by atoms with Gasteiger partial charge in [-0.25, -0.2) is 4.98 Å². The van der Waals surface area contributed by atoms with Crippen LogP contribution < -0.4 is 10.6 Å². The van der Waals surface area contributed by atoms with E-state index in [0.717, 1.165) is 31.5 Å². The van der Waals surface area contributed by atoms with Crippen molar-refractivity contribution in [3.8, 4) is 0 Å². The Bertz CT molecular complexity index is 473. The van der Waals surface area contributed by atoms with Crippen molar-refractivity contribution < 1.29 is 18.0 Å². The largest absolute Gasteiger partial charge is 0.417 e. The molecule has 4 nitrogen and oxygen atoms in total. The first-order chi connectivity index (χ1) is 9.38. The van der Waals surface area contributed by atoms with Gasteiger partial charge in [0.15, 0.2) is 0 Å². The molecule has 2 rings (SSSR count). The van der Waals surface area contributed by atoms with E-state index in [1.54, 1.807) is 0 Å². The SMILES string of the molecule is NC(=O)C[C@H]1CCCCN1c1ccc(C(F)(F)F)cn1. The monoisotopic (exact) mass is 287 g/mol. The maximum Gasteiger partial charge on any atom is 0.417 e. The summed E-state index contributed by atoms with van der Waals surface area (Å²) in [5.74, 6) is 0.0535. The summed E-state index contributed by atoms with van der Waals surface area (Å²) >= 11 is 0. The van der Waals surface area contributed by atoms with Gasteiger partial charge in [0, 0.05) is 25.2 Å². The molecule has 7 heteroatoms. The molecule has 20 heavy (non-hydrogen) atoms. The van der Waals surface area contributed by atoms with E-state index < -0.39 is 17.6 Å². The van der Waals surface area contributed by atoms with Gasteiger partial charge in [-0.1, -0.05) is 0 Å². The second kappa shape index (κ2) is 5.68. The first kappa shape index (κ1) is 14.6. The molecule has 0 unspecified atom stereocenters. The highest BCUT2D eigenvalue weighted by molar-refractivity contribution is 5.75. The maximum atomic E-state index is 12.5. The number of rotatable bonds is 3. The third kappa shape index (κ3) is 3.40. The van der Waals surface area contributed by atoms with E-state index in [2.05, 4.69) is 4.98 Å². The van der Waals surface area contributed by atoms with Gasteiger partial charge in [0.25, 0.3) is 0 Å². The number of nitrogens with zero attached hydrogens (tertiary/aromatic N) is 2. The Labute approximate surface area is 114 Å². The lowest BCUT2D eigenvalue weighted by molar-refractivity contribution is -0.137. The van der Waals surface area contributed by atoms with Gasteiger partial charge < -0.3 is 10.6 Å². The Morgan fingerprint density at radius 1 is 1.40 bits per heavy atom. The number of carbonyl (C=O) groups excluding carboxylic acids is 1.